The summed E-state index contributed by atoms with van der Waals surface area (Å²) in [5.41, 5.74) is 0.648. The lowest BCUT2D eigenvalue weighted by Crippen LogP contribution is -2.47. The number of fused-ring (bicyclic) bond motifs is 2. The van der Waals surface area contributed by atoms with Crippen LogP contribution >= 0.6 is 38.2 Å². The molecule has 0 aliphatic carbocycles. The van der Waals surface area contributed by atoms with Gasteiger partial charge in [-0.1, -0.05) is 47.5 Å². The molecule has 6 aromatic rings. The number of likely N-dealkylation sites (tertiary alicyclic amines) is 2. The van der Waals surface area contributed by atoms with Crippen LogP contribution in [-0.2, 0) is 59.0 Å². The number of rotatable bonds is 14. The highest BCUT2D eigenvalue weighted by Gasteiger charge is 2.42. The smallest absolute Gasteiger partial charge is 0.350 e. The maximum Gasteiger partial charge on any atom is 0.376 e. The number of alkyl halides is 2. The molecule has 8 rings (SSSR count). The van der Waals surface area contributed by atoms with E-state index in [0.717, 1.165) is 14.5 Å². The first-order valence-electron chi connectivity index (χ1n) is 21.4. The normalized spacial score (nSPS) is 18.9. The second kappa shape index (κ2) is 21.7. The van der Waals surface area contributed by atoms with Crippen molar-refractivity contribution in [2.45, 2.75) is 70.4 Å². The summed E-state index contributed by atoms with van der Waals surface area (Å²) in [5.74, 6) is -3.85. The zero-order valence-corrected chi connectivity index (χ0v) is 40.4. The monoisotopic (exact) mass is 1050 g/mol. The molecule has 0 saturated carbocycles. The van der Waals surface area contributed by atoms with Crippen molar-refractivity contribution in [3.63, 3.8) is 0 Å². The first kappa shape index (κ1) is 52.0. The van der Waals surface area contributed by atoms with E-state index in [1.165, 1.54) is 72.5 Å². The van der Waals surface area contributed by atoms with E-state index >= 15 is 0 Å². The molecule has 2 aromatic carbocycles. The molecule has 372 valence electrons. The van der Waals surface area contributed by atoms with Crippen molar-refractivity contribution in [2.75, 3.05) is 26.4 Å². The van der Waals surface area contributed by atoms with Crippen LogP contribution in [0.15, 0.2) is 73.3 Å². The zero-order chi connectivity index (χ0) is 50.7. The van der Waals surface area contributed by atoms with Crippen molar-refractivity contribution in [2.24, 2.45) is 0 Å². The number of benzene rings is 2. The summed E-state index contributed by atoms with van der Waals surface area (Å²) in [5, 5.41) is 13.8. The number of halogens is 6. The average Bonchev–Trinajstić information content (AvgIpc) is 4.11. The van der Waals surface area contributed by atoms with Gasteiger partial charge in [0.1, 0.15) is 49.2 Å². The minimum Gasteiger partial charge on any atom is -0.350 e. The summed E-state index contributed by atoms with van der Waals surface area (Å²) >= 11 is 11.5. The molecule has 0 bridgehead atoms. The van der Waals surface area contributed by atoms with Gasteiger partial charge >= 0.3 is 7.60 Å². The van der Waals surface area contributed by atoms with Crippen molar-refractivity contribution in [3.8, 4) is 0 Å². The fraction of sp³-hybridized carbons (Fsp3) is 0.349. The Hall–Kier alpha value is -5.80. The minimum absolute atomic E-state index is 0.0792. The Morgan fingerprint density at radius 2 is 1.16 bits per heavy atom. The predicted molar refractivity (Wildman–Crippen MR) is 248 cm³/mol. The second-order valence-corrected chi connectivity index (χ2v) is 20.9. The van der Waals surface area contributed by atoms with E-state index in [2.05, 4.69) is 30.8 Å². The second-order valence-electron chi connectivity index (χ2n) is 16.2. The number of pyridine rings is 2. The lowest BCUT2D eigenvalue weighted by molar-refractivity contribution is -0.139. The number of nitrogens with one attached hydrogen (secondary N) is 2. The van der Waals surface area contributed by atoms with Gasteiger partial charge in [-0.15, -0.1) is 0 Å². The summed E-state index contributed by atoms with van der Waals surface area (Å²) in [4.78, 5) is 81.0. The fourth-order valence-electron chi connectivity index (χ4n) is 8.10. The van der Waals surface area contributed by atoms with Gasteiger partial charge < -0.3 is 34.7 Å². The molecule has 2 fully saturated rings. The first-order valence-corrected chi connectivity index (χ1v) is 25.8. The third-order valence-electron chi connectivity index (χ3n) is 11.4. The van der Waals surface area contributed by atoms with Crippen LogP contribution in [0.5, 0.6) is 0 Å². The van der Waals surface area contributed by atoms with Crippen LogP contribution in [0.4, 0.5) is 17.6 Å². The van der Waals surface area contributed by atoms with Gasteiger partial charge in [0.05, 0.1) is 53.2 Å². The van der Waals surface area contributed by atoms with Crippen LogP contribution in [0.25, 0.3) is 21.8 Å². The molecule has 0 spiro atoms. The van der Waals surface area contributed by atoms with Gasteiger partial charge in [-0.3, -0.25) is 47.6 Å². The molecule has 1 unspecified atom stereocenters. The molecule has 4 aromatic heterocycles. The van der Waals surface area contributed by atoms with Gasteiger partial charge in [-0.05, 0) is 31.2 Å². The topological polar surface area (TPSA) is 244 Å². The largest absolute Gasteiger partial charge is 0.376 e. The summed E-state index contributed by atoms with van der Waals surface area (Å²) in [6.45, 7) is 1.58. The van der Waals surface area contributed by atoms with Crippen LogP contribution < -0.4 is 21.5 Å². The minimum atomic E-state index is -4.74. The summed E-state index contributed by atoms with van der Waals surface area (Å²) in [6.07, 6.45) is 2.34. The third-order valence-corrected chi connectivity index (χ3v) is 14.7. The van der Waals surface area contributed by atoms with Gasteiger partial charge in [-0.25, -0.2) is 17.6 Å². The standard InChI is InChI=1S/C23H25ClF2N5O4P.C20H19ClF2N5O5P/c1-3-35-36(2,34)23-16-7-8-27-11-19(16)31(29-23)13-20(32)30-12-15(25)9-18(30)22(33)28-10-14-5-4-6-17(24)21(14)26;21-14-3-1-2-11(18(14)23)7-25-19(30)15-6-12(22)9-27(15)17(29)10-28-16-8-24-5-4-13(16)20(26-28)34(31,32)33/h4-8,11,15,18H,3,9-10,12-13H2,1-2H3,(H,28,33);1-5,8,12,15H,6-7,9-10H2,(H,25,30)(H2,31,32,33)/t15-,18+,36?;12-,15+/m11/s1. The Morgan fingerprint density at radius 1 is 0.729 bits per heavy atom. The highest BCUT2D eigenvalue weighted by Crippen LogP contribution is 2.43. The van der Waals surface area contributed by atoms with Gasteiger partial charge in [0.15, 0.2) is 10.9 Å². The van der Waals surface area contributed by atoms with E-state index < -0.39 is 86.6 Å². The third kappa shape index (κ3) is 11.5. The number of hydrogen-bond donors (Lipinski definition) is 4. The Kier molecular flexibility index (Phi) is 16.1. The number of carbonyl (C=O) groups excluding carboxylic acids is 4. The molecular weight excluding hydrogens is 1010 g/mol. The van der Waals surface area contributed by atoms with E-state index in [0.29, 0.717) is 10.9 Å². The van der Waals surface area contributed by atoms with E-state index in [4.69, 9.17) is 27.7 Å². The maximum absolute atomic E-state index is 14.3. The molecule has 4 N–H and O–H groups in total. The molecule has 6 heterocycles. The number of amides is 4. The Balaban J connectivity index is 0.000000207. The van der Waals surface area contributed by atoms with Gasteiger partial charge in [0.2, 0.25) is 31.0 Å². The molecule has 2 aliphatic heterocycles. The van der Waals surface area contributed by atoms with Crippen molar-refractivity contribution in [3.05, 3.63) is 106 Å². The van der Waals surface area contributed by atoms with Crippen LogP contribution in [0, 0.1) is 11.6 Å². The van der Waals surface area contributed by atoms with Gasteiger partial charge in [-0.2, -0.15) is 10.2 Å². The number of carbonyl (C=O) groups is 4. The summed E-state index contributed by atoms with van der Waals surface area (Å²) in [6, 6.07) is 9.49. The van der Waals surface area contributed by atoms with Crippen LogP contribution in [0.1, 0.15) is 30.9 Å². The highest BCUT2D eigenvalue weighted by molar-refractivity contribution is 7.66. The molecule has 2 saturated heterocycles. The van der Waals surface area contributed by atoms with Crippen molar-refractivity contribution >= 4 is 94.5 Å². The van der Waals surface area contributed by atoms with Gasteiger partial charge in [0.25, 0.3) is 0 Å². The molecule has 27 heteroatoms. The molecular formula is C43H44Cl2F4N10O9P2. The Bertz CT molecular complexity index is 3070. The number of aromatic nitrogens is 6. The van der Waals surface area contributed by atoms with Gasteiger partial charge in [0, 0.05) is 66.9 Å². The Labute approximate surface area is 406 Å². The molecule has 2 aliphatic rings. The van der Waals surface area contributed by atoms with E-state index in [9.17, 15) is 55.7 Å². The Morgan fingerprint density at radius 3 is 1.59 bits per heavy atom. The van der Waals surface area contributed by atoms with Crippen LogP contribution in [0.3, 0.4) is 0 Å². The average molecular weight is 1050 g/mol. The SMILES string of the molecule is CCOP(C)(=O)c1nn(CC(=O)N2C[C@H](F)C[C@H]2C(=O)NCc2cccc(Cl)c2F)c2cnccc12.O=C(NCc1cccc(Cl)c1F)[C@@H]1C[C@@H](F)CN1C(=O)Cn1nc(P(=O)(O)O)c2ccncc21. The molecule has 0 radical (unpaired) electrons. The number of hydrogen-bond acceptors (Lipinski definition) is 11. The summed E-state index contributed by atoms with van der Waals surface area (Å²) < 4.78 is 89.4. The fourth-order valence-corrected chi connectivity index (χ4v) is 10.7. The maximum atomic E-state index is 14.3. The zero-order valence-electron chi connectivity index (χ0n) is 37.1. The van der Waals surface area contributed by atoms with E-state index in [1.807, 2.05) is 0 Å². The molecule has 70 heavy (non-hydrogen) atoms. The molecule has 5 atom stereocenters. The predicted octanol–water partition coefficient (Wildman–Crippen LogP) is 4.33. The van der Waals surface area contributed by atoms with Crippen molar-refractivity contribution in [1.82, 2.24) is 50.0 Å². The van der Waals surface area contributed by atoms with E-state index in [-0.39, 0.29) is 89.7 Å². The van der Waals surface area contributed by atoms with Crippen molar-refractivity contribution < 1.29 is 60.2 Å². The first-order chi connectivity index (χ1) is 33.2. The van der Waals surface area contributed by atoms with Crippen molar-refractivity contribution in [1.29, 1.82) is 0 Å². The highest BCUT2D eigenvalue weighted by atomic mass is 35.5. The van der Waals surface area contributed by atoms with Crippen LogP contribution in [0.2, 0.25) is 10.0 Å². The van der Waals surface area contributed by atoms with E-state index in [1.54, 1.807) is 19.1 Å². The lowest BCUT2D eigenvalue weighted by atomic mass is 10.1. The quantitative estimate of drug-likeness (QED) is 0.0878. The summed E-state index contributed by atoms with van der Waals surface area (Å²) in [7, 11) is -8.01. The number of nitrogens with zero attached hydrogens (tertiary/aromatic N) is 8. The molecule has 19 nitrogen and oxygen atoms in total. The molecule has 4 amide bonds. The lowest BCUT2D eigenvalue weighted by Gasteiger charge is -2.24. The van der Waals surface area contributed by atoms with Crippen LogP contribution in [-0.4, -0.2) is 124 Å².